The molecule has 0 saturated carbocycles. The number of amidine groups is 1. The zero-order chi connectivity index (χ0) is 19.8. The van der Waals surface area contributed by atoms with Gasteiger partial charge < -0.3 is 27.3 Å². The van der Waals surface area contributed by atoms with Crippen molar-refractivity contribution in [2.75, 3.05) is 17.7 Å². The van der Waals surface area contributed by atoms with Crippen molar-refractivity contribution in [3.63, 3.8) is 0 Å². The normalized spacial score (nSPS) is 13.3. The fraction of sp³-hybridized carbons (Fsp3) is 0.250. The molecule has 2 aromatic carbocycles. The predicted octanol–water partition coefficient (Wildman–Crippen LogP) is 2.08. The Kier molecular flexibility index (Phi) is 7.22. The number of benzene rings is 2. The van der Waals surface area contributed by atoms with E-state index in [1.165, 1.54) is 0 Å². The van der Waals surface area contributed by atoms with E-state index in [-0.39, 0.29) is 18.5 Å². The number of anilines is 2. The molecule has 0 aliphatic heterocycles. The van der Waals surface area contributed by atoms with Gasteiger partial charge in [0.05, 0.1) is 17.4 Å². The maximum Gasteiger partial charge on any atom is 0.122 e. The van der Waals surface area contributed by atoms with E-state index in [0.717, 1.165) is 22.4 Å². The molecular formula is C20H28N6O. The highest BCUT2D eigenvalue weighted by atomic mass is 16.3. The van der Waals surface area contributed by atoms with Crippen molar-refractivity contribution in [2.45, 2.75) is 26.3 Å². The number of aliphatic imine (C=N–C) groups is 1. The van der Waals surface area contributed by atoms with Crippen molar-refractivity contribution in [3.8, 4) is 0 Å². The number of nitrogen functional groups attached to an aromatic ring is 1. The number of hydrazine groups is 1. The minimum absolute atomic E-state index is 0.0134. The van der Waals surface area contributed by atoms with E-state index in [1.54, 1.807) is 6.08 Å². The highest BCUT2D eigenvalue weighted by molar-refractivity contribution is 5.92. The van der Waals surface area contributed by atoms with Gasteiger partial charge in [0.25, 0.3) is 0 Å². The third-order valence-corrected chi connectivity index (χ3v) is 4.27. The lowest BCUT2D eigenvalue weighted by molar-refractivity contribution is 0.277. The average molecular weight is 368 g/mol. The quantitative estimate of drug-likeness (QED) is 0.139. The first-order valence-electron chi connectivity index (χ1n) is 8.75. The van der Waals surface area contributed by atoms with Gasteiger partial charge in [-0.2, -0.15) is 0 Å². The van der Waals surface area contributed by atoms with Crippen LogP contribution < -0.4 is 28.1 Å². The molecule has 0 saturated heterocycles. The van der Waals surface area contributed by atoms with Crippen molar-refractivity contribution in [1.29, 1.82) is 0 Å². The number of nitrogens with two attached hydrogens (primary N) is 3. The Labute approximate surface area is 159 Å². The van der Waals surface area contributed by atoms with Gasteiger partial charge in [0, 0.05) is 12.7 Å². The topological polar surface area (TPSA) is 135 Å². The molecule has 2 rings (SSSR count). The van der Waals surface area contributed by atoms with Crippen molar-refractivity contribution in [1.82, 2.24) is 5.43 Å². The molecule has 0 fully saturated rings. The van der Waals surface area contributed by atoms with Crippen LogP contribution in [0.5, 0.6) is 0 Å². The number of nitrogens with zero attached hydrogens (tertiary/aromatic N) is 1. The summed E-state index contributed by atoms with van der Waals surface area (Å²) in [6.07, 6.45) is 2.07. The molecule has 9 N–H and O–H groups in total. The van der Waals surface area contributed by atoms with Gasteiger partial charge in [-0.3, -0.25) is 4.99 Å². The predicted molar refractivity (Wildman–Crippen MR) is 112 cm³/mol. The number of hydrogen-bond acceptors (Lipinski definition) is 6. The van der Waals surface area contributed by atoms with Crippen molar-refractivity contribution in [2.24, 2.45) is 16.6 Å². The third kappa shape index (κ3) is 5.73. The van der Waals surface area contributed by atoms with Gasteiger partial charge in [0.2, 0.25) is 0 Å². The molecule has 0 amide bonds. The van der Waals surface area contributed by atoms with Crippen LogP contribution in [0.2, 0.25) is 0 Å². The molecule has 1 unspecified atom stereocenters. The van der Waals surface area contributed by atoms with Crippen LogP contribution in [0, 0.1) is 13.8 Å². The zero-order valence-corrected chi connectivity index (χ0v) is 15.7. The molecule has 0 aliphatic rings. The van der Waals surface area contributed by atoms with Gasteiger partial charge in [0.1, 0.15) is 11.7 Å². The summed E-state index contributed by atoms with van der Waals surface area (Å²) in [5.74, 6) is 6.35. The van der Waals surface area contributed by atoms with Crippen LogP contribution in [-0.2, 0) is 0 Å². The lowest BCUT2D eigenvalue weighted by atomic mass is 10.1. The summed E-state index contributed by atoms with van der Waals surface area (Å²) in [5.41, 5.74) is 19.3. The van der Waals surface area contributed by atoms with Crippen LogP contribution in [0.15, 0.2) is 59.4 Å². The molecule has 7 heteroatoms. The van der Waals surface area contributed by atoms with E-state index in [0.29, 0.717) is 17.9 Å². The monoisotopic (exact) mass is 368 g/mol. The summed E-state index contributed by atoms with van der Waals surface area (Å²) < 4.78 is 0. The van der Waals surface area contributed by atoms with E-state index in [9.17, 15) is 5.11 Å². The smallest absolute Gasteiger partial charge is 0.122 e. The first kappa shape index (κ1) is 20.3. The van der Waals surface area contributed by atoms with Gasteiger partial charge >= 0.3 is 0 Å². The Hall–Kier alpha value is -3.03. The second-order valence-electron chi connectivity index (χ2n) is 6.34. The molecular weight excluding hydrogens is 340 g/mol. The summed E-state index contributed by atoms with van der Waals surface area (Å²) in [7, 11) is 0. The Morgan fingerprint density at radius 3 is 2.48 bits per heavy atom. The molecule has 0 radical (unpaired) electrons. The van der Waals surface area contributed by atoms with Crippen LogP contribution in [0.1, 0.15) is 29.2 Å². The zero-order valence-electron chi connectivity index (χ0n) is 15.7. The van der Waals surface area contributed by atoms with E-state index < -0.39 is 0 Å². The highest BCUT2D eigenvalue weighted by Crippen LogP contribution is 2.24. The van der Waals surface area contributed by atoms with Crippen LogP contribution >= 0.6 is 0 Å². The van der Waals surface area contributed by atoms with Gasteiger partial charge in [0.15, 0.2) is 0 Å². The molecule has 7 nitrogen and oxygen atoms in total. The second kappa shape index (κ2) is 9.61. The van der Waals surface area contributed by atoms with E-state index >= 15 is 0 Å². The molecule has 2 aromatic rings. The highest BCUT2D eigenvalue weighted by Gasteiger charge is 2.10. The summed E-state index contributed by atoms with van der Waals surface area (Å²) in [6.45, 7) is 4.02. The number of hydrogen-bond donors (Lipinski definition) is 6. The van der Waals surface area contributed by atoms with E-state index in [1.807, 2.05) is 56.3 Å². The van der Waals surface area contributed by atoms with Crippen LogP contribution in [0.3, 0.4) is 0 Å². The first-order valence-corrected chi connectivity index (χ1v) is 8.75. The van der Waals surface area contributed by atoms with Crippen molar-refractivity contribution in [3.05, 3.63) is 71.1 Å². The first-order chi connectivity index (χ1) is 12.9. The summed E-state index contributed by atoms with van der Waals surface area (Å²) in [5, 5.41) is 12.5. The molecule has 0 aliphatic carbocycles. The Balaban J connectivity index is 2.24. The largest absolute Gasteiger partial charge is 0.397 e. The molecule has 0 bridgehead atoms. The molecule has 0 heterocycles. The number of nitrogens with one attached hydrogen (secondary N) is 2. The van der Waals surface area contributed by atoms with Gasteiger partial charge in [-0.15, -0.1) is 0 Å². The van der Waals surface area contributed by atoms with Crippen molar-refractivity contribution >= 4 is 17.2 Å². The molecule has 0 aromatic heterocycles. The van der Waals surface area contributed by atoms with Gasteiger partial charge in [-0.25, -0.2) is 5.84 Å². The number of rotatable bonds is 8. The summed E-state index contributed by atoms with van der Waals surface area (Å²) in [4.78, 5) is 4.51. The Morgan fingerprint density at radius 1 is 1.19 bits per heavy atom. The maximum absolute atomic E-state index is 9.33. The maximum atomic E-state index is 9.33. The lowest BCUT2D eigenvalue weighted by Gasteiger charge is -2.15. The number of aryl methyl sites for hydroxylation is 2. The van der Waals surface area contributed by atoms with Crippen LogP contribution in [-0.4, -0.2) is 17.5 Å². The fourth-order valence-electron chi connectivity index (χ4n) is 2.67. The summed E-state index contributed by atoms with van der Waals surface area (Å²) in [6, 6.07) is 13.3. The molecule has 27 heavy (non-hydrogen) atoms. The Morgan fingerprint density at radius 2 is 1.85 bits per heavy atom. The minimum Gasteiger partial charge on any atom is -0.397 e. The van der Waals surface area contributed by atoms with Crippen LogP contribution in [0.4, 0.5) is 11.4 Å². The lowest BCUT2D eigenvalue weighted by Crippen LogP contribution is -2.28. The number of aliphatic hydroxyl groups excluding tert-OH is 1. The molecule has 1 atom stereocenters. The standard InChI is InChI=1S/C20H28N6O/c1-13-10-16(21)18(11-14(13)2)25-20(26-23)12-19(22)24-17(8-9-27)15-6-4-3-5-7-15/h3-7,10-12,17,25-27H,8-9,21,23H2,1-2H3,(H2,22,24)/b20-12-. The molecule has 144 valence electrons. The fourth-order valence-corrected chi connectivity index (χ4v) is 2.67. The average Bonchev–Trinajstić information content (AvgIpc) is 2.65. The summed E-state index contributed by atoms with van der Waals surface area (Å²) >= 11 is 0. The van der Waals surface area contributed by atoms with Crippen LogP contribution in [0.25, 0.3) is 0 Å². The third-order valence-electron chi connectivity index (χ3n) is 4.27. The van der Waals surface area contributed by atoms with E-state index in [2.05, 4.69) is 15.7 Å². The second-order valence-corrected chi connectivity index (χ2v) is 6.34. The SMILES string of the molecule is Cc1cc(N)c(N/C(=C/C(N)=NC(CCO)c2ccccc2)NN)cc1C. The van der Waals surface area contributed by atoms with Gasteiger partial charge in [-0.05, 0) is 49.1 Å². The van der Waals surface area contributed by atoms with Crippen molar-refractivity contribution < 1.29 is 5.11 Å². The minimum atomic E-state index is -0.238. The molecule has 0 spiro atoms. The van der Waals surface area contributed by atoms with Gasteiger partial charge in [-0.1, -0.05) is 30.3 Å². The Bertz CT molecular complexity index is 817. The number of aliphatic hydroxyl groups is 1. The van der Waals surface area contributed by atoms with E-state index in [4.69, 9.17) is 17.3 Å².